The minimum atomic E-state index is -4.51. The Morgan fingerprint density at radius 3 is 2.30 bits per heavy atom. The molecule has 0 aromatic heterocycles. The van der Waals surface area contributed by atoms with Gasteiger partial charge in [0.2, 0.25) is 11.8 Å². The van der Waals surface area contributed by atoms with E-state index in [1.54, 1.807) is 25.1 Å². The molecule has 0 radical (unpaired) electrons. The first kappa shape index (κ1) is 19.2. The van der Waals surface area contributed by atoms with Crippen LogP contribution in [0.5, 0.6) is 0 Å². The number of halogens is 4. The van der Waals surface area contributed by atoms with Gasteiger partial charge in [-0.15, -0.1) is 0 Å². The van der Waals surface area contributed by atoms with Crippen molar-refractivity contribution in [1.82, 2.24) is 0 Å². The molecule has 0 heterocycles. The predicted molar refractivity (Wildman–Crippen MR) is 96.6 cm³/mol. The summed E-state index contributed by atoms with van der Waals surface area (Å²) < 4.78 is 38.4. The summed E-state index contributed by atoms with van der Waals surface area (Å²) in [5.74, 6) is -1.13. The number of nitrogens with one attached hydrogen (secondary N) is 2. The first-order valence-electron chi connectivity index (χ1n) is 8.19. The Morgan fingerprint density at radius 1 is 1.04 bits per heavy atom. The molecule has 2 amide bonds. The maximum atomic E-state index is 12.8. The highest BCUT2D eigenvalue weighted by Gasteiger charge is 2.56. The highest BCUT2D eigenvalue weighted by Crippen LogP contribution is 2.48. The molecule has 1 saturated carbocycles. The van der Waals surface area contributed by atoms with Crippen LogP contribution >= 0.6 is 11.6 Å². The van der Waals surface area contributed by atoms with Gasteiger partial charge in [-0.3, -0.25) is 9.59 Å². The van der Waals surface area contributed by atoms with E-state index in [0.29, 0.717) is 29.1 Å². The number of hydrogen-bond donors (Lipinski definition) is 2. The van der Waals surface area contributed by atoms with E-state index in [-0.39, 0.29) is 5.69 Å². The molecule has 0 spiro atoms. The van der Waals surface area contributed by atoms with Gasteiger partial charge in [-0.2, -0.15) is 13.2 Å². The monoisotopic (exact) mass is 396 g/mol. The highest BCUT2D eigenvalue weighted by atomic mass is 35.5. The van der Waals surface area contributed by atoms with Crippen molar-refractivity contribution < 1.29 is 22.8 Å². The quantitative estimate of drug-likeness (QED) is 0.712. The van der Waals surface area contributed by atoms with Crippen molar-refractivity contribution >= 4 is 34.8 Å². The lowest BCUT2D eigenvalue weighted by atomic mass is 10.0. The first-order chi connectivity index (χ1) is 12.6. The molecule has 0 unspecified atom stereocenters. The summed E-state index contributed by atoms with van der Waals surface area (Å²) in [5, 5.41) is 5.59. The second-order valence-electron chi connectivity index (χ2n) is 6.48. The number of rotatable bonds is 4. The lowest BCUT2D eigenvalue weighted by molar-refractivity contribution is -0.137. The number of alkyl halides is 3. The Bertz CT molecular complexity index is 908. The largest absolute Gasteiger partial charge is 0.416 e. The summed E-state index contributed by atoms with van der Waals surface area (Å²) >= 11 is 6.03. The van der Waals surface area contributed by atoms with Crippen molar-refractivity contribution in [1.29, 1.82) is 0 Å². The van der Waals surface area contributed by atoms with Crippen molar-refractivity contribution in [3.63, 3.8) is 0 Å². The van der Waals surface area contributed by atoms with E-state index in [1.807, 2.05) is 0 Å². The van der Waals surface area contributed by atoms with Crippen LogP contribution in [0.3, 0.4) is 0 Å². The lowest BCUT2D eigenvalue weighted by Gasteiger charge is -2.17. The molecule has 8 heteroatoms. The molecule has 2 N–H and O–H groups in total. The van der Waals surface area contributed by atoms with Gasteiger partial charge in [0.05, 0.1) is 5.56 Å². The minimum Gasteiger partial charge on any atom is -0.325 e. The van der Waals surface area contributed by atoms with Crippen LogP contribution < -0.4 is 10.6 Å². The molecule has 1 aliphatic carbocycles. The van der Waals surface area contributed by atoms with Gasteiger partial charge in [0.25, 0.3) is 0 Å². The molecule has 1 aliphatic rings. The third-order valence-corrected chi connectivity index (χ3v) is 4.99. The summed E-state index contributed by atoms with van der Waals surface area (Å²) in [6.45, 7) is 1.74. The van der Waals surface area contributed by atoms with Crippen molar-refractivity contribution in [2.75, 3.05) is 10.6 Å². The topological polar surface area (TPSA) is 58.2 Å². The highest BCUT2D eigenvalue weighted by molar-refractivity contribution is 6.31. The fraction of sp³-hybridized carbons (Fsp3) is 0.263. The third-order valence-electron chi connectivity index (χ3n) is 4.58. The lowest BCUT2D eigenvalue weighted by Crippen LogP contribution is -2.35. The van der Waals surface area contributed by atoms with Crippen LogP contribution in [0.1, 0.15) is 24.0 Å². The fourth-order valence-electron chi connectivity index (χ4n) is 2.69. The van der Waals surface area contributed by atoms with E-state index in [2.05, 4.69) is 10.6 Å². The van der Waals surface area contributed by atoms with E-state index >= 15 is 0 Å². The second-order valence-corrected chi connectivity index (χ2v) is 6.89. The van der Waals surface area contributed by atoms with Crippen LogP contribution in [-0.2, 0) is 15.8 Å². The van der Waals surface area contributed by atoms with E-state index in [4.69, 9.17) is 11.6 Å². The molecule has 4 nitrogen and oxygen atoms in total. The van der Waals surface area contributed by atoms with Crippen LogP contribution in [0.2, 0.25) is 5.02 Å². The van der Waals surface area contributed by atoms with E-state index < -0.39 is 29.0 Å². The Balaban J connectivity index is 1.75. The molecule has 0 atom stereocenters. The Kier molecular flexibility index (Phi) is 4.90. The van der Waals surface area contributed by atoms with Gasteiger partial charge in [0.1, 0.15) is 5.41 Å². The summed E-state index contributed by atoms with van der Waals surface area (Å²) in [5.41, 5.74) is -1.01. The van der Waals surface area contributed by atoms with Gasteiger partial charge < -0.3 is 10.6 Å². The number of amides is 2. The van der Waals surface area contributed by atoms with Gasteiger partial charge in [-0.1, -0.05) is 23.7 Å². The Hall–Kier alpha value is -2.54. The molecule has 0 bridgehead atoms. The predicted octanol–water partition coefficient (Wildman–Crippen LogP) is 5.02. The summed E-state index contributed by atoms with van der Waals surface area (Å²) in [6.07, 6.45) is -3.87. The van der Waals surface area contributed by atoms with Crippen LogP contribution in [0.4, 0.5) is 24.5 Å². The second kappa shape index (κ2) is 6.88. The zero-order valence-corrected chi connectivity index (χ0v) is 15.0. The Morgan fingerprint density at radius 2 is 1.67 bits per heavy atom. The zero-order valence-electron chi connectivity index (χ0n) is 14.3. The zero-order chi connectivity index (χ0) is 19.8. The van der Waals surface area contributed by atoms with Crippen LogP contribution in [0.25, 0.3) is 0 Å². The molecule has 27 heavy (non-hydrogen) atoms. The smallest absolute Gasteiger partial charge is 0.325 e. The molecular weight excluding hydrogens is 381 g/mol. The summed E-state index contributed by atoms with van der Waals surface area (Å²) in [7, 11) is 0. The SMILES string of the molecule is Cc1c(Cl)cccc1NC(=O)C1(C(=O)Nc2cccc(C(F)(F)F)c2)CC1. The molecular formula is C19H16ClF3N2O2. The molecule has 0 saturated heterocycles. The third kappa shape index (κ3) is 3.93. The summed E-state index contributed by atoms with van der Waals surface area (Å²) in [4.78, 5) is 25.2. The van der Waals surface area contributed by atoms with Gasteiger partial charge >= 0.3 is 6.18 Å². The maximum absolute atomic E-state index is 12.8. The van der Waals surface area contributed by atoms with Crippen molar-refractivity contribution in [2.24, 2.45) is 5.41 Å². The number of benzene rings is 2. The maximum Gasteiger partial charge on any atom is 0.416 e. The average molecular weight is 397 g/mol. The normalized spacial score (nSPS) is 15.1. The molecule has 1 fully saturated rings. The van der Waals surface area contributed by atoms with Gasteiger partial charge in [-0.05, 0) is 55.7 Å². The standard InChI is InChI=1S/C19H16ClF3N2O2/c1-11-14(20)6-3-7-15(11)25-17(27)18(8-9-18)16(26)24-13-5-2-4-12(10-13)19(21,22)23/h2-7,10H,8-9H2,1H3,(H,24,26)(H,25,27). The first-order valence-corrected chi connectivity index (χ1v) is 8.56. The van der Waals surface area contributed by atoms with Crippen molar-refractivity contribution in [3.8, 4) is 0 Å². The van der Waals surface area contributed by atoms with Crippen molar-refractivity contribution in [2.45, 2.75) is 25.9 Å². The molecule has 2 aromatic rings. The Labute approximate surface area is 158 Å². The molecule has 3 rings (SSSR count). The summed E-state index contributed by atoms with van der Waals surface area (Å²) in [6, 6.07) is 9.33. The van der Waals surface area contributed by atoms with E-state index in [9.17, 15) is 22.8 Å². The fourth-order valence-corrected chi connectivity index (χ4v) is 2.87. The number of anilines is 2. The minimum absolute atomic E-state index is 0.00663. The molecule has 2 aromatic carbocycles. The van der Waals surface area contributed by atoms with Crippen LogP contribution in [0, 0.1) is 12.3 Å². The number of carbonyl (C=O) groups is 2. The molecule has 0 aliphatic heterocycles. The van der Waals surface area contributed by atoms with Gasteiger partial charge in [0.15, 0.2) is 0 Å². The van der Waals surface area contributed by atoms with Crippen molar-refractivity contribution in [3.05, 3.63) is 58.6 Å². The van der Waals surface area contributed by atoms with E-state index in [0.717, 1.165) is 12.1 Å². The molecule has 142 valence electrons. The van der Waals surface area contributed by atoms with E-state index in [1.165, 1.54) is 12.1 Å². The number of hydrogen-bond acceptors (Lipinski definition) is 2. The van der Waals surface area contributed by atoms with Crippen LogP contribution in [0.15, 0.2) is 42.5 Å². The van der Waals surface area contributed by atoms with Gasteiger partial charge in [-0.25, -0.2) is 0 Å². The number of carbonyl (C=O) groups excluding carboxylic acids is 2. The van der Waals surface area contributed by atoms with Gasteiger partial charge in [0, 0.05) is 16.4 Å². The van der Waals surface area contributed by atoms with Crippen LogP contribution in [-0.4, -0.2) is 11.8 Å². The average Bonchev–Trinajstić information content (AvgIpc) is 3.40.